The summed E-state index contributed by atoms with van der Waals surface area (Å²) in [5.74, 6) is 1.71. The summed E-state index contributed by atoms with van der Waals surface area (Å²) in [4.78, 5) is 4.70. The molecular weight excluding hydrogens is 380 g/mol. The van der Waals surface area contributed by atoms with E-state index in [0.29, 0.717) is 22.2 Å². The first-order chi connectivity index (χ1) is 13.2. The topological polar surface area (TPSA) is 63.8 Å². The molecule has 2 heterocycles. The highest BCUT2D eigenvalue weighted by atomic mass is 35.5. The highest BCUT2D eigenvalue weighted by Gasteiger charge is 2.13. The molecule has 0 aliphatic rings. The lowest BCUT2D eigenvalue weighted by molar-refractivity contribution is 0.672. The smallest absolute Gasteiger partial charge is 0.216 e. The van der Waals surface area contributed by atoms with Crippen LogP contribution in [0.3, 0.4) is 0 Å². The lowest BCUT2D eigenvalue weighted by Crippen LogP contribution is -2.09. The maximum absolute atomic E-state index is 5.93. The first-order valence-corrected chi connectivity index (χ1v) is 9.34. The lowest BCUT2D eigenvalue weighted by atomic mass is 10.2. The number of aromatic nitrogens is 5. The average molecular weight is 397 g/mol. The fourth-order valence-corrected chi connectivity index (χ4v) is 3.26. The monoisotopic (exact) mass is 396 g/mol. The number of H-pyrrole nitrogens is 1. The molecule has 1 N–H and O–H groups in total. The number of para-hydroxylation sites is 2. The van der Waals surface area contributed by atoms with Crippen molar-refractivity contribution in [3.63, 3.8) is 0 Å². The molecule has 136 valence electrons. The van der Waals surface area contributed by atoms with Crippen molar-refractivity contribution < 1.29 is 0 Å². The average Bonchev–Trinajstić information content (AvgIpc) is 3.22. The van der Waals surface area contributed by atoms with Crippen LogP contribution in [0.25, 0.3) is 11.0 Å². The Morgan fingerprint density at radius 3 is 2.70 bits per heavy atom. The molecule has 2 aromatic carbocycles. The number of hydrogen-bond donors (Lipinski definition) is 1. The third-order valence-corrected chi connectivity index (χ3v) is 4.78. The fourth-order valence-electron chi connectivity index (χ4n) is 2.93. The Balaban J connectivity index is 1.70. The molecule has 0 unspecified atom stereocenters. The largest absolute Gasteiger partial charge is 0.320 e. The molecule has 0 amide bonds. The number of hydrogen-bond acceptors (Lipinski definition) is 4. The van der Waals surface area contributed by atoms with Gasteiger partial charge in [-0.25, -0.2) is 4.98 Å². The minimum absolute atomic E-state index is 0.442. The summed E-state index contributed by atoms with van der Waals surface area (Å²) < 4.78 is 4.23. The van der Waals surface area contributed by atoms with E-state index in [4.69, 9.17) is 28.8 Å². The summed E-state index contributed by atoms with van der Waals surface area (Å²) in [7, 11) is 0. The summed E-state index contributed by atoms with van der Waals surface area (Å²) >= 11 is 11.3. The Morgan fingerprint density at radius 1 is 1.15 bits per heavy atom. The first kappa shape index (κ1) is 17.6. The molecule has 0 spiro atoms. The van der Waals surface area contributed by atoms with E-state index in [-0.39, 0.29) is 0 Å². The summed E-state index contributed by atoms with van der Waals surface area (Å²) in [6.45, 7) is 2.61. The Labute approximate surface area is 166 Å². The first-order valence-electron chi connectivity index (χ1n) is 8.56. The number of nitrogens with one attached hydrogen (secondary N) is 1. The van der Waals surface area contributed by atoms with Crippen molar-refractivity contribution in [3.05, 3.63) is 75.5 Å². The van der Waals surface area contributed by atoms with Crippen molar-refractivity contribution in [1.29, 1.82) is 0 Å². The molecule has 2 aromatic heterocycles. The Kier molecular flexibility index (Phi) is 4.87. The number of benzene rings is 2. The van der Waals surface area contributed by atoms with Gasteiger partial charge in [-0.15, -0.1) is 0 Å². The van der Waals surface area contributed by atoms with Crippen LogP contribution in [0, 0.1) is 4.77 Å². The van der Waals surface area contributed by atoms with Crippen molar-refractivity contribution in [2.75, 3.05) is 0 Å². The minimum Gasteiger partial charge on any atom is -0.320 e. The highest BCUT2D eigenvalue weighted by molar-refractivity contribution is 7.71. The Morgan fingerprint density at radius 2 is 1.93 bits per heavy atom. The second-order valence-corrected chi connectivity index (χ2v) is 6.83. The quantitative estimate of drug-likeness (QED) is 0.400. The number of aryl methyl sites for hydroxylation is 1. The molecular formula is C19H17ClN6S. The van der Waals surface area contributed by atoms with Crippen molar-refractivity contribution in [2.45, 2.75) is 19.9 Å². The molecule has 0 radical (unpaired) electrons. The predicted molar refractivity (Wildman–Crippen MR) is 110 cm³/mol. The highest BCUT2D eigenvalue weighted by Crippen LogP contribution is 2.18. The summed E-state index contributed by atoms with van der Waals surface area (Å²) in [6.07, 6.45) is 2.56. The van der Waals surface area contributed by atoms with Crippen LogP contribution in [0.4, 0.5) is 0 Å². The van der Waals surface area contributed by atoms with E-state index in [1.54, 1.807) is 10.9 Å². The normalized spacial score (nSPS) is 11.6. The van der Waals surface area contributed by atoms with Crippen LogP contribution in [0.1, 0.15) is 24.1 Å². The zero-order valence-corrected chi connectivity index (χ0v) is 16.2. The molecule has 0 fully saturated rings. The van der Waals surface area contributed by atoms with Gasteiger partial charge in [0.15, 0.2) is 5.82 Å². The standard InChI is InChI=1S/C19H17ClN6S/c1-2-17-22-15-5-3-4-6-16(15)25(17)12-18-23-24-19(27)26(18)21-11-13-7-9-14(20)10-8-13/h3-11H,2,12H2,1H3,(H,24,27)/b21-11+. The molecule has 0 saturated carbocycles. The molecule has 27 heavy (non-hydrogen) atoms. The van der Waals surface area contributed by atoms with Crippen molar-refractivity contribution in [3.8, 4) is 0 Å². The third kappa shape index (κ3) is 3.56. The van der Waals surface area contributed by atoms with E-state index in [9.17, 15) is 0 Å². The van der Waals surface area contributed by atoms with Crippen LogP contribution in [0.15, 0.2) is 53.6 Å². The van der Waals surface area contributed by atoms with E-state index in [1.807, 2.05) is 42.5 Å². The van der Waals surface area contributed by atoms with Gasteiger partial charge in [0.2, 0.25) is 4.77 Å². The second kappa shape index (κ2) is 7.46. The van der Waals surface area contributed by atoms with Gasteiger partial charge in [0, 0.05) is 11.4 Å². The predicted octanol–water partition coefficient (Wildman–Crippen LogP) is 4.44. The lowest BCUT2D eigenvalue weighted by Gasteiger charge is -2.07. The van der Waals surface area contributed by atoms with Crippen LogP contribution in [-0.2, 0) is 13.0 Å². The fraction of sp³-hybridized carbons (Fsp3) is 0.158. The summed E-state index contributed by atoms with van der Waals surface area (Å²) in [5.41, 5.74) is 2.96. The minimum atomic E-state index is 0.442. The molecule has 4 aromatic rings. The maximum atomic E-state index is 5.93. The molecule has 6 nitrogen and oxygen atoms in total. The van der Waals surface area contributed by atoms with Gasteiger partial charge in [-0.2, -0.15) is 14.9 Å². The van der Waals surface area contributed by atoms with Gasteiger partial charge in [-0.3, -0.25) is 5.10 Å². The van der Waals surface area contributed by atoms with Gasteiger partial charge < -0.3 is 4.57 Å². The number of nitrogens with zero attached hydrogens (tertiary/aromatic N) is 5. The molecule has 0 atom stereocenters. The second-order valence-electron chi connectivity index (χ2n) is 6.01. The van der Waals surface area contributed by atoms with Gasteiger partial charge in [-0.1, -0.05) is 42.8 Å². The van der Waals surface area contributed by atoms with E-state index in [1.165, 1.54) is 0 Å². The van der Waals surface area contributed by atoms with E-state index in [2.05, 4.69) is 32.9 Å². The number of imidazole rings is 1. The number of halogens is 1. The van der Waals surface area contributed by atoms with Gasteiger partial charge >= 0.3 is 0 Å². The van der Waals surface area contributed by atoms with Crippen LogP contribution < -0.4 is 0 Å². The third-order valence-electron chi connectivity index (χ3n) is 4.26. The summed E-state index contributed by atoms with van der Waals surface area (Å²) in [5, 5.41) is 12.4. The number of rotatable bonds is 5. The van der Waals surface area contributed by atoms with Crippen LogP contribution in [0.5, 0.6) is 0 Å². The van der Waals surface area contributed by atoms with Gasteiger partial charge in [-0.05, 0) is 42.0 Å². The zero-order chi connectivity index (χ0) is 18.8. The Bertz CT molecular complexity index is 1170. The molecule has 0 saturated heterocycles. The number of aromatic amines is 1. The van der Waals surface area contributed by atoms with Crippen molar-refractivity contribution in [2.24, 2.45) is 5.10 Å². The molecule has 0 aliphatic heterocycles. The van der Waals surface area contributed by atoms with E-state index < -0.39 is 0 Å². The summed E-state index contributed by atoms with van der Waals surface area (Å²) in [6, 6.07) is 15.5. The van der Waals surface area contributed by atoms with E-state index >= 15 is 0 Å². The van der Waals surface area contributed by atoms with Crippen molar-refractivity contribution >= 4 is 41.1 Å². The number of fused-ring (bicyclic) bond motifs is 1. The van der Waals surface area contributed by atoms with Crippen LogP contribution in [0.2, 0.25) is 5.02 Å². The van der Waals surface area contributed by atoms with Gasteiger partial charge in [0.25, 0.3) is 0 Å². The van der Waals surface area contributed by atoms with Gasteiger partial charge in [0.1, 0.15) is 5.82 Å². The van der Waals surface area contributed by atoms with Crippen molar-refractivity contribution in [1.82, 2.24) is 24.4 Å². The Hall–Kier alpha value is -2.77. The maximum Gasteiger partial charge on any atom is 0.216 e. The van der Waals surface area contributed by atoms with Crippen LogP contribution >= 0.6 is 23.8 Å². The molecule has 4 rings (SSSR count). The SMILES string of the molecule is CCc1nc2ccccc2n1Cc1n[nH]c(=S)n1/N=C/c1ccc(Cl)cc1. The van der Waals surface area contributed by atoms with E-state index in [0.717, 1.165) is 28.8 Å². The van der Waals surface area contributed by atoms with Gasteiger partial charge in [0.05, 0.1) is 23.8 Å². The van der Waals surface area contributed by atoms with Crippen LogP contribution in [-0.4, -0.2) is 30.6 Å². The molecule has 0 aliphatic carbocycles. The molecule has 8 heteroatoms. The zero-order valence-electron chi connectivity index (χ0n) is 14.6. The molecule has 0 bridgehead atoms.